The summed E-state index contributed by atoms with van der Waals surface area (Å²) >= 11 is 0. The maximum atomic E-state index is 9.17. The van der Waals surface area contributed by atoms with E-state index < -0.39 is 0 Å². The minimum absolute atomic E-state index is 0.391. The van der Waals surface area contributed by atoms with E-state index in [0.717, 1.165) is 66.4 Å². The van der Waals surface area contributed by atoms with E-state index in [4.69, 9.17) is 16.3 Å². The molecule has 0 fully saturated rings. The Kier molecular flexibility index (Phi) is 5.82. The fourth-order valence-electron chi connectivity index (χ4n) is 5.18. The average molecular weight is 525 g/mol. The lowest BCUT2D eigenvalue weighted by molar-refractivity contribution is 0.669. The van der Waals surface area contributed by atoms with Crippen LogP contribution in [0.15, 0.2) is 126 Å². The van der Waals surface area contributed by atoms with Gasteiger partial charge in [0, 0.05) is 17.0 Å². The van der Waals surface area contributed by atoms with Gasteiger partial charge in [-0.3, -0.25) is 0 Å². The van der Waals surface area contributed by atoms with Crippen LogP contribution in [0, 0.1) is 17.9 Å². The molecule has 7 aromatic rings. The van der Waals surface area contributed by atoms with Crippen molar-refractivity contribution in [1.29, 1.82) is 5.26 Å². The fraction of sp³-hybridized carbons (Fsp3) is 0. The van der Waals surface area contributed by atoms with Gasteiger partial charge in [0.1, 0.15) is 29.1 Å². The maximum absolute atomic E-state index is 9.17. The SMILES string of the molecule is [C-]#[N+]c1cc(-c2ccc(-c3ccc4oc5ccc(-c6ccc(-c7ccnc(C#N)c7)cc6)cc5c4c3)cc2)ccn1. The summed E-state index contributed by atoms with van der Waals surface area (Å²) in [5.41, 5.74) is 10.5. The lowest BCUT2D eigenvalue weighted by Crippen LogP contribution is -1.85. The van der Waals surface area contributed by atoms with Crippen LogP contribution in [-0.4, -0.2) is 9.97 Å². The molecule has 3 aromatic heterocycles. The molecule has 0 aliphatic carbocycles. The molecule has 0 atom stereocenters. The molecule has 0 aliphatic heterocycles. The third kappa shape index (κ3) is 4.48. The Hall–Kier alpha value is -6.04. The van der Waals surface area contributed by atoms with Crippen LogP contribution in [0.2, 0.25) is 0 Å². The fourth-order valence-corrected chi connectivity index (χ4v) is 5.18. The summed E-state index contributed by atoms with van der Waals surface area (Å²) in [6, 6.07) is 38.8. The van der Waals surface area contributed by atoms with Gasteiger partial charge in [-0.15, -0.1) is 4.98 Å². The van der Waals surface area contributed by atoms with Crippen LogP contribution >= 0.6 is 0 Å². The molecule has 0 radical (unpaired) electrons. The van der Waals surface area contributed by atoms with Crippen LogP contribution in [0.5, 0.6) is 0 Å². The van der Waals surface area contributed by atoms with Crippen molar-refractivity contribution in [2.45, 2.75) is 0 Å². The number of furan rings is 1. The highest BCUT2D eigenvalue weighted by molar-refractivity contribution is 6.07. The van der Waals surface area contributed by atoms with Crippen molar-refractivity contribution in [2.24, 2.45) is 0 Å². The van der Waals surface area contributed by atoms with Crippen molar-refractivity contribution in [2.75, 3.05) is 0 Å². The van der Waals surface area contributed by atoms with Crippen molar-refractivity contribution in [3.63, 3.8) is 0 Å². The highest BCUT2D eigenvalue weighted by Crippen LogP contribution is 2.36. The van der Waals surface area contributed by atoms with Gasteiger partial charge in [0.2, 0.25) is 0 Å². The molecule has 0 unspecified atom stereocenters. The third-order valence-corrected chi connectivity index (χ3v) is 7.31. The van der Waals surface area contributed by atoms with E-state index in [9.17, 15) is 0 Å². The number of benzene rings is 4. The number of nitriles is 1. The van der Waals surface area contributed by atoms with Crippen molar-refractivity contribution in [3.8, 4) is 50.6 Å². The molecular formula is C36H20N4O. The summed E-state index contributed by atoms with van der Waals surface area (Å²) in [7, 11) is 0. The first-order valence-electron chi connectivity index (χ1n) is 13.1. The molecule has 0 aliphatic rings. The van der Waals surface area contributed by atoms with Crippen LogP contribution < -0.4 is 0 Å². The molecule has 41 heavy (non-hydrogen) atoms. The van der Waals surface area contributed by atoms with E-state index in [1.807, 2.05) is 24.3 Å². The van der Waals surface area contributed by atoms with Gasteiger partial charge < -0.3 is 9.26 Å². The largest absolute Gasteiger partial charge is 0.456 e. The molecule has 5 nitrogen and oxygen atoms in total. The molecule has 0 saturated carbocycles. The zero-order chi connectivity index (χ0) is 27.8. The molecule has 0 bridgehead atoms. The number of nitrogens with zero attached hydrogens (tertiary/aromatic N) is 4. The van der Waals surface area contributed by atoms with E-state index in [1.165, 1.54) is 0 Å². The third-order valence-electron chi connectivity index (χ3n) is 7.31. The predicted octanol–water partition coefficient (Wildman–Crippen LogP) is 9.47. The number of hydrogen-bond acceptors (Lipinski definition) is 4. The highest BCUT2D eigenvalue weighted by Gasteiger charge is 2.11. The first-order valence-corrected chi connectivity index (χ1v) is 13.1. The zero-order valence-corrected chi connectivity index (χ0v) is 21.7. The first-order chi connectivity index (χ1) is 20.2. The lowest BCUT2D eigenvalue weighted by Gasteiger charge is -2.06. The summed E-state index contributed by atoms with van der Waals surface area (Å²) in [5, 5.41) is 11.3. The van der Waals surface area contributed by atoms with Crippen LogP contribution in [0.1, 0.15) is 5.69 Å². The summed E-state index contributed by atoms with van der Waals surface area (Å²) < 4.78 is 6.17. The first kappa shape index (κ1) is 24.0. The van der Waals surface area contributed by atoms with E-state index in [0.29, 0.717) is 11.5 Å². The standard InChI is InChI=1S/C36H20N4O/c1-38-36-21-30(15-17-40-36)26-8-4-24(5-9-26)28-11-13-35-33(20-28)32-19-27(10-12-34(32)41-35)23-2-6-25(7-3-23)29-14-16-39-31(18-29)22-37/h2-21H. The maximum Gasteiger partial charge on any atom is 0.270 e. The van der Waals surface area contributed by atoms with Gasteiger partial charge in [0.25, 0.3) is 5.82 Å². The van der Waals surface area contributed by atoms with E-state index >= 15 is 0 Å². The second-order valence-electron chi connectivity index (χ2n) is 9.73. The van der Waals surface area contributed by atoms with Gasteiger partial charge in [-0.1, -0.05) is 67.2 Å². The topological polar surface area (TPSA) is 67.1 Å². The van der Waals surface area contributed by atoms with E-state index in [2.05, 4.69) is 93.7 Å². The van der Waals surface area contributed by atoms with Gasteiger partial charge in [0.15, 0.2) is 0 Å². The number of rotatable bonds is 4. The molecule has 0 saturated heterocycles. The summed E-state index contributed by atoms with van der Waals surface area (Å²) in [6.45, 7) is 7.22. The Bertz CT molecular complexity index is 2010. The average Bonchev–Trinajstić information content (AvgIpc) is 3.42. The van der Waals surface area contributed by atoms with Gasteiger partial charge in [0.05, 0.1) is 0 Å². The number of aromatic nitrogens is 2. The van der Waals surface area contributed by atoms with Gasteiger partial charge in [-0.25, -0.2) is 4.98 Å². The normalized spacial score (nSPS) is 10.9. The molecule has 0 N–H and O–H groups in total. The summed E-state index contributed by atoms with van der Waals surface area (Å²) in [6.07, 6.45) is 3.33. The molecule has 3 heterocycles. The van der Waals surface area contributed by atoms with Crippen molar-refractivity contribution in [3.05, 3.63) is 139 Å². The molecule has 0 spiro atoms. The predicted molar refractivity (Wildman–Crippen MR) is 162 cm³/mol. The molecule has 0 amide bonds. The zero-order valence-electron chi connectivity index (χ0n) is 21.7. The monoisotopic (exact) mass is 524 g/mol. The quantitative estimate of drug-likeness (QED) is 0.215. The van der Waals surface area contributed by atoms with Crippen LogP contribution in [0.3, 0.4) is 0 Å². The molecule has 5 heteroatoms. The summed E-state index contributed by atoms with van der Waals surface area (Å²) in [4.78, 5) is 11.6. The smallest absolute Gasteiger partial charge is 0.270 e. The molecule has 190 valence electrons. The van der Waals surface area contributed by atoms with E-state index in [-0.39, 0.29) is 0 Å². The van der Waals surface area contributed by atoms with Gasteiger partial charge >= 0.3 is 0 Å². The Morgan fingerprint density at radius 3 is 1.46 bits per heavy atom. The van der Waals surface area contributed by atoms with Gasteiger partial charge in [-0.05, 0) is 93.0 Å². The van der Waals surface area contributed by atoms with E-state index in [1.54, 1.807) is 24.5 Å². The molecule has 7 rings (SSSR count). The lowest BCUT2D eigenvalue weighted by atomic mass is 9.97. The Balaban J connectivity index is 1.22. The number of hydrogen-bond donors (Lipinski definition) is 0. The van der Waals surface area contributed by atoms with Crippen LogP contribution in [-0.2, 0) is 0 Å². The minimum Gasteiger partial charge on any atom is -0.456 e. The second kappa shape index (κ2) is 9.93. The molecular weight excluding hydrogens is 504 g/mol. The second-order valence-corrected chi connectivity index (χ2v) is 9.73. The number of fused-ring (bicyclic) bond motifs is 3. The van der Waals surface area contributed by atoms with Crippen molar-refractivity contribution in [1.82, 2.24) is 9.97 Å². The minimum atomic E-state index is 0.391. The highest BCUT2D eigenvalue weighted by atomic mass is 16.3. The Labute approximate surface area is 236 Å². The van der Waals surface area contributed by atoms with Gasteiger partial charge in [-0.2, -0.15) is 5.26 Å². The number of pyridine rings is 2. The van der Waals surface area contributed by atoms with Crippen molar-refractivity contribution < 1.29 is 4.42 Å². The van der Waals surface area contributed by atoms with Crippen molar-refractivity contribution >= 4 is 27.8 Å². The molecule has 4 aromatic carbocycles. The van der Waals surface area contributed by atoms with Crippen LogP contribution in [0.4, 0.5) is 5.82 Å². The summed E-state index contributed by atoms with van der Waals surface area (Å²) in [5.74, 6) is 0.391. The Morgan fingerprint density at radius 1 is 0.537 bits per heavy atom. The van der Waals surface area contributed by atoms with Crippen LogP contribution in [0.25, 0.3) is 71.3 Å². The Morgan fingerprint density at radius 2 is 0.976 bits per heavy atom.